The normalized spacial score (nSPS) is 13.0. The zero-order valence-corrected chi connectivity index (χ0v) is 18.9. The van der Waals surface area contributed by atoms with Crippen molar-refractivity contribution in [1.82, 2.24) is 4.90 Å². The summed E-state index contributed by atoms with van der Waals surface area (Å²) in [5.41, 5.74) is 3.69. The SMILES string of the molecule is C/C=C/C(=O)Nc1ccc(-c2ccc(C(=O)N3CCc4cc(OC)c(OC)cc4C3)o2)cc1. The lowest BCUT2D eigenvalue weighted by Gasteiger charge is -2.29. The molecular weight excluding hydrogens is 420 g/mol. The van der Waals surface area contributed by atoms with Crippen molar-refractivity contribution in [2.45, 2.75) is 19.9 Å². The predicted octanol–water partition coefficient (Wildman–Crippen LogP) is 4.68. The zero-order valence-electron chi connectivity index (χ0n) is 18.9. The molecule has 0 unspecified atom stereocenters. The number of benzene rings is 2. The third-order valence-corrected chi connectivity index (χ3v) is 5.58. The largest absolute Gasteiger partial charge is 0.493 e. The summed E-state index contributed by atoms with van der Waals surface area (Å²) in [6.45, 7) is 2.86. The molecule has 7 heteroatoms. The second-order valence-corrected chi connectivity index (χ2v) is 7.68. The Morgan fingerprint density at radius 3 is 2.36 bits per heavy atom. The molecule has 0 aliphatic carbocycles. The van der Waals surface area contributed by atoms with Gasteiger partial charge in [0, 0.05) is 24.3 Å². The van der Waals surface area contributed by atoms with E-state index in [1.165, 1.54) is 6.08 Å². The van der Waals surface area contributed by atoms with Gasteiger partial charge in [-0.3, -0.25) is 9.59 Å². The molecule has 1 N–H and O–H groups in total. The van der Waals surface area contributed by atoms with Crippen LogP contribution in [0.2, 0.25) is 0 Å². The van der Waals surface area contributed by atoms with Gasteiger partial charge in [0.25, 0.3) is 5.91 Å². The van der Waals surface area contributed by atoms with Crippen molar-refractivity contribution in [3.63, 3.8) is 0 Å². The Bertz CT molecular complexity index is 1190. The van der Waals surface area contributed by atoms with Gasteiger partial charge in [0.1, 0.15) is 5.76 Å². The number of hydrogen-bond acceptors (Lipinski definition) is 5. The van der Waals surface area contributed by atoms with Crippen molar-refractivity contribution in [3.8, 4) is 22.8 Å². The van der Waals surface area contributed by atoms with Crippen LogP contribution in [-0.2, 0) is 17.8 Å². The Morgan fingerprint density at radius 2 is 1.70 bits per heavy atom. The van der Waals surface area contributed by atoms with Crippen LogP contribution in [0.25, 0.3) is 11.3 Å². The second-order valence-electron chi connectivity index (χ2n) is 7.68. The Balaban J connectivity index is 1.47. The smallest absolute Gasteiger partial charge is 0.289 e. The predicted molar refractivity (Wildman–Crippen MR) is 126 cm³/mol. The van der Waals surface area contributed by atoms with E-state index >= 15 is 0 Å². The van der Waals surface area contributed by atoms with Crippen molar-refractivity contribution in [3.05, 3.63) is 77.6 Å². The molecule has 0 saturated heterocycles. The highest BCUT2D eigenvalue weighted by Gasteiger charge is 2.25. The van der Waals surface area contributed by atoms with Crippen molar-refractivity contribution in [2.75, 3.05) is 26.1 Å². The number of carbonyl (C=O) groups excluding carboxylic acids is 2. The zero-order chi connectivity index (χ0) is 23.4. The molecule has 170 valence electrons. The Morgan fingerprint density at radius 1 is 1.00 bits per heavy atom. The first kappa shape index (κ1) is 22.2. The maximum absolute atomic E-state index is 13.1. The highest BCUT2D eigenvalue weighted by molar-refractivity contribution is 5.99. The van der Waals surface area contributed by atoms with Gasteiger partial charge in [-0.1, -0.05) is 6.08 Å². The Hall–Kier alpha value is -4.00. The number of methoxy groups -OCH3 is 2. The molecule has 2 heterocycles. The molecule has 0 radical (unpaired) electrons. The summed E-state index contributed by atoms with van der Waals surface area (Å²) >= 11 is 0. The maximum atomic E-state index is 13.1. The number of nitrogens with zero attached hydrogens (tertiary/aromatic N) is 1. The van der Waals surface area contributed by atoms with Crippen LogP contribution in [-0.4, -0.2) is 37.5 Å². The third kappa shape index (κ3) is 4.77. The lowest BCUT2D eigenvalue weighted by atomic mass is 9.98. The molecule has 7 nitrogen and oxygen atoms in total. The number of furan rings is 1. The standard InChI is InChI=1S/C26H26N2O5/c1-4-5-25(29)27-20-8-6-17(7-9-20)21-10-11-22(33-21)26(30)28-13-12-18-14-23(31-2)24(32-3)15-19(18)16-28/h4-11,14-15H,12-13,16H2,1-3H3,(H,27,29)/b5-4+. The van der Waals surface area contributed by atoms with Crippen LogP contribution < -0.4 is 14.8 Å². The van der Waals surface area contributed by atoms with Crippen molar-refractivity contribution >= 4 is 17.5 Å². The fraction of sp³-hybridized carbons (Fsp3) is 0.231. The van der Waals surface area contributed by atoms with E-state index in [0.717, 1.165) is 23.1 Å². The number of fused-ring (bicyclic) bond motifs is 1. The third-order valence-electron chi connectivity index (χ3n) is 5.58. The van der Waals surface area contributed by atoms with E-state index in [2.05, 4.69) is 5.32 Å². The van der Waals surface area contributed by atoms with Gasteiger partial charge in [-0.05, 0) is 79.1 Å². The fourth-order valence-electron chi connectivity index (χ4n) is 3.87. The fourth-order valence-corrected chi connectivity index (χ4v) is 3.87. The molecule has 0 saturated carbocycles. The van der Waals surface area contributed by atoms with Crippen LogP contribution in [0, 0.1) is 0 Å². The number of nitrogens with one attached hydrogen (secondary N) is 1. The number of rotatable bonds is 6. The van der Waals surface area contributed by atoms with E-state index in [4.69, 9.17) is 13.9 Å². The molecule has 2 amide bonds. The molecule has 0 spiro atoms. The maximum Gasteiger partial charge on any atom is 0.289 e. The lowest BCUT2D eigenvalue weighted by molar-refractivity contribution is -0.111. The van der Waals surface area contributed by atoms with Crippen LogP contribution in [0.5, 0.6) is 11.5 Å². The summed E-state index contributed by atoms with van der Waals surface area (Å²) in [4.78, 5) is 26.5. The number of ether oxygens (including phenoxy) is 2. The van der Waals surface area contributed by atoms with E-state index in [9.17, 15) is 9.59 Å². The first-order chi connectivity index (χ1) is 16.0. The number of anilines is 1. The molecule has 2 aromatic carbocycles. The van der Waals surface area contributed by atoms with E-state index < -0.39 is 0 Å². The van der Waals surface area contributed by atoms with Gasteiger partial charge < -0.3 is 24.1 Å². The summed E-state index contributed by atoms with van der Waals surface area (Å²) in [6, 6.07) is 14.7. The first-order valence-electron chi connectivity index (χ1n) is 10.7. The summed E-state index contributed by atoms with van der Waals surface area (Å²) in [7, 11) is 3.22. The number of hydrogen-bond donors (Lipinski definition) is 1. The molecular formula is C26H26N2O5. The van der Waals surface area contributed by atoms with Gasteiger partial charge in [0.15, 0.2) is 17.3 Å². The van der Waals surface area contributed by atoms with E-state index in [1.807, 2.05) is 24.3 Å². The second kappa shape index (κ2) is 9.65. The van der Waals surface area contributed by atoms with Gasteiger partial charge in [-0.2, -0.15) is 0 Å². The average molecular weight is 447 g/mol. The first-order valence-corrected chi connectivity index (χ1v) is 10.7. The van der Waals surface area contributed by atoms with Gasteiger partial charge in [0.05, 0.1) is 14.2 Å². The molecule has 0 fully saturated rings. The van der Waals surface area contributed by atoms with Crippen LogP contribution in [0.1, 0.15) is 28.6 Å². The molecule has 1 aliphatic heterocycles. The summed E-state index contributed by atoms with van der Waals surface area (Å²) in [5, 5.41) is 2.78. The van der Waals surface area contributed by atoms with Crippen LogP contribution in [0.15, 0.2) is 65.1 Å². The van der Waals surface area contributed by atoms with Gasteiger partial charge >= 0.3 is 0 Å². The number of allylic oxidation sites excluding steroid dienone is 1. The molecule has 0 bridgehead atoms. The summed E-state index contributed by atoms with van der Waals surface area (Å²) in [5.74, 6) is 1.88. The van der Waals surface area contributed by atoms with Gasteiger partial charge in [-0.15, -0.1) is 0 Å². The van der Waals surface area contributed by atoms with Crippen molar-refractivity contribution in [1.29, 1.82) is 0 Å². The highest BCUT2D eigenvalue weighted by Crippen LogP contribution is 2.34. The Kier molecular flexibility index (Phi) is 6.49. The topological polar surface area (TPSA) is 81.0 Å². The molecule has 3 aromatic rings. The molecule has 1 aromatic heterocycles. The van der Waals surface area contributed by atoms with Gasteiger partial charge in [-0.25, -0.2) is 0 Å². The van der Waals surface area contributed by atoms with Crippen LogP contribution in [0.3, 0.4) is 0 Å². The van der Waals surface area contributed by atoms with E-state index in [0.29, 0.717) is 41.8 Å². The number of carbonyl (C=O) groups is 2. The Labute approximate surface area is 192 Å². The molecule has 4 rings (SSSR count). The summed E-state index contributed by atoms with van der Waals surface area (Å²) < 4.78 is 16.7. The van der Waals surface area contributed by atoms with Crippen molar-refractivity contribution < 1.29 is 23.5 Å². The molecule has 0 atom stereocenters. The van der Waals surface area contributed by atoms with E-state index in [-0.39, 0.29) is 11.8 Å². The van der Waals surface area contributed by atoms with Gasteiger partial charge in [0.2, 0.25) is 5.91 Å². The molecule has 1 aliphatic rings. The van der Waals surface area contributed by atoms with Crippen LogP contribution in [0.4, 0.5) is 5.69 Å². The monoisotopic (exact) mass is 446 g/mol. The van der Waals surface area contributed by atoms with Crippen LogP contribution >= 0.6 is 0 Å². The van der Waals surface area contributed by atoms with E-state index in [1.54, 1.807) is 56.4 Å². The highest BCUT2D eigenvalue weighted by atomic mass is 16.5. The van der Waals surface area contributed by atoms with Crippen molar-refractivity contribution in [2.24, 2.45) is 0 Å². The minimum absolute atomic E-state index is 0.156. The lowest BCUT2D eigenvalue weighted by Crippen LogP contribution is -2.35. The quantitative estimate of drug-likeness (QED) is 0.556. The minimum Gasteiger partial charge on any atom is -0.493 e. The minimum atomic E-state index is -0.185. The summed E-state index contributed by atoms with van der Waals surface area (Å²) in [6.07, 6.45) is 3.87. The average Bonchev–Trinajstić information content (AvgIpc) is 3.33. The number of amides is 2. The molecule has 33 heavy (non-hydrogen) atoms.